The highest BCUT2D eigenvalue weighted by molar-refractivity contribution is 5.95. The Morgan fingerprint density at radius 2 is 1.96 bits per heavy atom. The third-order valence-corrected chi connectivity index (χ3v) is 4.79. The molecule has 6 heteroatoms. The Morgan fingerprint density at radius 1 is 1.00 bits per heavy atom. The van der Waals surface area contributed by atoms with Gasteiger partial charge in [-0.15, -0.1) is 0 Å². The third kappa shape index (κ3) is 2.55. The molecule has 0 bridgehead atoms. The van der Waals surface area contributed by atoms with Gasteiger partial charge in [0.1, 0.15) is 11.3 Å². The summed E-state index contributed by atoms with van der Waals surface area (Å²) in [5.74, 6) is 1.71. The summed E-state index contributed by atoms with van der Waals surface area (Å²) in [6, 6.07) is 12.7. The molecule has 0 saturated heterocycles. The van der Waals surface area contributed by atoms with Gasteiger partial charge in [0.15, 0.2) is 5.82 Å². The van der Waals surface area contributed by atoms with Crippen LogP contribution in [0.15, 0.2) is 48.8 Å². The summed E-state index contributed by atoms with van der Waals surface area (Å²) in [6.07, 6.45) is 7.40. The van der Waals surface area contributed by atoms with E-state index < -0.39 is 0 Å². The van der Waals surface area contributed by atoms with Crippen LogP contribution in [0.25, 0.3) is 21.8 Å². The molecule has 0 spiro atoms. The lowest BCUT2D eigenvalue weighted by Crippen LogP contribution is -2.27. The molecule has 25 heavy (non-hydrogen) atoms. The molecule has 3 heterocycles. The van der Waals surface area contributed by atoms with Gasteiger partial charge in [-0.2, -0.15) is 5.10 Å². The van der Waals surface area contributed by atoms with Crippen molar-refractivity contribution in [1.82, 2.24) is 20.2 Å². The van der Waals surface area contributed by atoms with E-state index in [9.17, 15) is 0 Å². The quantitative estimate of drug-likeness (QED) is 0.522. The largest absolute Gasteiger partial charge is 0.367 e. The van der Waals surface area contributed by atoms with Crippen molar-refractivity contribution in [1.29, 1.82) is 0 Å². The molecule has 0 radical (unpaired) electrons. The lowest BCUT2D eigenvalue weighted by atomic mass is 9.93. The topological polar surface area (TPSA) is 78.5 Å². The molecule has 1 fully saturated rings. The zero-order chi connectivity index (χ0) is 16.6. The summed E-state index contributed by atoms with van der Waals surface area (Å²) >= 11 is 0. The SMILES string of the molecule is c1cnc2c(Nc3ccc4c(NC5CCC5)nccc4c3)n[nH]c2c1. The van der Waals surface area contributed by atoms with Gasteiger partial charge in [0, 0.05) is 29.5 Å². The summed E-state index contributed by atoms with van der Waals surface area (Å²) in [7, 11) is 0. The minimum Gasteiger partial charge on any atom is -0.367 e. The van der Waals surface area contributed by atoms with Gasteiger partial charge < -0.3 is 10.6 Å². The number of hydrogen-bond donors (Lipinski definition) is 3. The summed E-state index contributed by atoms with van der Waals surface area (Å²) in [4.78, 5) is 8.90. The Labute approximate surface area is 144 Å². The number of aromatic amines is 1. The molecule has 0 atom stereocenters. The fourth-order valence-corrected chi connectivity index (χ4v) is 3.19. The van der Waals surface area contributed by atoms with Crippen molar-refractivity contribution >= 4 is 39.1 Å². The molecule has 3 N–H and O–H groups in total. The number of benzene rings is 1. The van der Waals surface area contributed by atoms with Gasteiger partial charge in [-0.25, -0.2) is 4.98 Å². The van der Waals surface area contributed by atoms with E-state index in [-0.39, 0.29) is 0 Å². The number of anilines is 3. The molecule has 5 rings (SSSR count). The lowest BCUT2D eigenvalue weighted by Gasteiger charge is -2.27. The first-order chi connectivity index (χ1) is 12.4. The van der Waals surface area contributed by atoms with E-state index in [1.54, 1.807) is 6.20 Å². The van der Waals surface area contributed by atoms with Crippen LogP contribution < -0.4 is 10.6 Å². The van der Waals surface area contributed by atoms with E-state index in [0.29, 0.717) is 6.04 Å². The highest BCUT2D eigenvalue weighted by Crippen LogP contribution is 2.30. The Balaban J connectivity index is 1.48. The smallest absolute Gasteiger partial charge is 0.178 e. The monoisotopic (exact) mass is 330 g/mol. The molecular formula is C19H18N6. The van der Waals surface area contributed by atoms with E-state index in [4.69, 9.17) is 0 Å². The molecular weight excluding hydrogens is 312 g/mol. The first-order valence-corrected chi connectivity index (χ1v) is 8.58. The normalized spacial score (nSPS) is 14.6. The highest BCUT2D eigenvalue weighted by atomic mass is 15.2. The second kappa shape index (κ2) is 5.73. The van der Waals surface area contributed by atoms with Gasteiger partial charge >= 0.3 is 0 Å². The second-order valence-electron chi connectivity index (χ2n) is 6.46. The zero-order valence-electron chi connectivity index (χ0n) is 13.7. The van der Waals surface area contributed by atoms with Gasteiger partial charge in [-0.3, -0.25) is 10.1 Å². The van der Waals surface area contributed by atoms with E-state index >= 15 is 0 Å². The zero-order valence-corrected chi connectivity index (χ0v) is 13.7. The minimum atomic E-state index is 0.567. The fourth-order valence-electron chi connectivity index (χ4n) is 3.19. The van der Waals surface area contributed by atoms with Crippen LogP contribution >= 0.6 is 0 Å². The number of H-pyrrole nitrogens is 1. The molecule has 1 aliphatic carbocycles. The van der Waals surface area contributed by atoms with Crippen LogP contribution in [0.5, 0.6) is 0 Å². The average Bonchev–Trinajstić information content (AvgIpc) is 3.01. The van der Waals surface area contributed by atoms with Gasteiger partial charge in [-0.05, 0) is 61.0 Å². The summed E-state index contributed by atoms with van der Waals surface area (Å²) in [5, 5.41) is 16.5. The van der Waals surface area contributed by atoms with E-state index in [1.165, 1.54) is 19.3 Å². The number of fused-ring (bicyclic) bond motifs is 2. The number of pyridine rings is 2. The number of hydrogen-bond acceptors (Lipinski definition) is 5. The van der Waals surface area contributed by atoms with Gasteiger partial charge in [0.05, 0.1) is 5.52 Å². The van der Waals surface area contributed by atoms with Gasteiger partial charge in [0.25, 0.3) is 0 Å². The van der Waals surface area contributed by atoms with Crippen molar-refractivity contribution in [3.63, 3.8) is 0 Å². The maximum atomic E-state index is 4.52. The minimum absolute atomic E-state index is 0.567. The summed E-state index contributed by atoms with van der Waals surface area (Å²) in [6.45, 7) is 0. The van der Waals surface area contributed by atoms with E-state index in [1.807, 2.05) is 24.4 Å². The standard InChI is InChI=1S/C19H18N6/c1-3-13(4-1)22-18-15-7-6-14(11-12(15)8-10-21-18)23-19-17-16(24-25-19)5-2-9-20-17/h2,5-11,13H,1,3-4H2,(H,21,22)(H2,23,24,25). The Morgan fingerprint density at radius 3 is 2.84 bits per heavy atom. The van der Waals surface area contributed by atoms with Crippen molar-refractivity contribution in [3.05, 3.63) is 48.8 Å². The molecule has 1 aromatic carbocycles. The number of nitrogens with one attached hydrogen (secondary N) is 3. The Kier molecular flexibility index (Phi) is 3.26. The predicted molar refractivity (Wildman–Crippen MR) is 100 cm³/mol. The molecule has 6 nitrogen and oxygen atoms in total. The molecule has 0 unspecified atom stereocenters. The summed E-state index contributed by atoms with van der Waals surface area (Å²) < 4.78 is 0. The Hall–Kier alpha value is -3.15. The second-order valence-corrected chi connectivity index (χ2v) is 6.46. The van der Waals surface area contributed by atoms with Crippen LogP contribution in [-0.4, -0.2) is 26.2 Å². The van der Waals surface area contributed by atoms with Crippen molar-refractivity contribution in [3.8, 4) is 0 Å². The Bertz CT molecular complexity index is 1050. The van der Waals surface area contributed by atoms with Crippen LogP contribution in [0.4, 0.5) is 17.3 Å². The van der Waals surface area contributed by atoms with E-state index in [2.05, 4.69) is 49.0 Å². The third-order valence-electron chi connectivity index (χ3n) is 4.79. The molecule has 1 saturated carbocycles. The number of aromatic nitrogens is 4. The first kappa shape index (κ1) is 14.2. The molecule has 0 aliphatic heterocycles. The summed E-state index contributed by atoms with van der Waals surface area (Å²) in [5.41, 5.74) is 2.74. The van der Waals surface area contributed by atoms with Crippen LogP contribution in [0, 0.1) is 0 Å². The van der Waals surface area contributed by atoms with Crippen LogP contribution in [-0.2, 0) is 0 Å². The van der Waals surface area contributed by atoms with Crippen molar-refractivity contribution in [2.24, 2.45) is 0 Å². The van der Waals surface area contributed by atoms with Crippen molar-refractivity contribution < 1.29 is 0 Å². The fraction of sp³-hybridized carbons (Fsp3) is 0.211. The van der Waals surface area contributed by atoms with E-state index in [0.717, 1.165) is 39.1 Å². The average molecular weight is 330 g/mol. The first-order valence-electron chi connectivity index (χ1n) is 8.58. The maximum absolute atomic E-state index is 4.52. The molecule has 3 aromatic heterocycles. The number of rotatable bonds is 4. The molecule has 1 aliphatic rings. The van der Waals surface area contributed by atoms with Crippen molar-refractivity contribution in [2.45, 2.75) is 25.3 Å². The lowest BCUT2D eigenvalue weighted by molar-refractivity contribution is 0.445. The van der Waals surface area contributed by atoms with Gasteiger partial charge in [0.2, 0.25) is 0 Å². The van der Waals surface area contributed by atoms with Crippen LogP contribution in [0.3, 0.4) is 0 Å². The highest BCUT2D eigenvalue weighted by Gasteiger charge is 2.18. The number of nitrogens with zero attached hydrogens (tertiary/aromatic N) is 3. The molecule has 0 amide bonds. The molecule has 124 valence electrons. The van der Waals surface area contributed by atoms with Gasteiger partial charge in [-0.1, -0.05) is 0 Å². The molecule has 4 aromatic rings. The van der Waals surface area contributed by atoms with Crippen molar-refractivity contribution in [2.75, 3.05) is 10.6 Å². The predicted octanol–water partition coefficient (Wildman–Crippen LogP) is 4.21. The van der Waals surface area contributed by atoms with Crippen LogP contribution in [0.1, 0.15) is 19.3 Å². The maximum Gasteiger partial charge on any atom is 0.178 e. The van der Waals surface area contributed by atoms with Crippen LogP contribution in [0.2, 0.25) is 0 Å².